The first-order chi connectivity index (χ1) is 9.15. The fourth-order valence-corrected chi connectivity index (χ4v) is 2.88. The molecule has 0 unspecified atom stereocenters. The van der Waals surface area contributed by atoms with E-state index in [1.807, 2.05) is 0 Å². The molecule has 1 fully saturated rings. The maximum Gasteiger partial charge on any atom is 0.0931 e. The highest BCUT2D eigenvalue weighted by Gasteiger charge is 2.25. The molecule has 4 nitrogen and oxygen atoms in total. The number of imidazole rings is 1. The number of nitrogens with one attached hydrogen (secondary N) is 2. The Kier molecular flexibility index (Phi) is 3.29. The Morgan fingerprint density at radius 2 is 2.05 bits per heavy atom. The van der Waals surface area contributed by atoms with Crippen LogP contribution in [0, 0.1) is 0 Å². The summed E-state index contributed by atoms with van der Waals surface area (Å²) >= 11 is 0. The molecule has 2 N–H and O–H groups in total. The second-order valence-corrected chi connectivity index (χ2v) is 6.04. The van der Waals surface area contributed by atoms with E-state index >= 15 is 0 Å². The van der Waals surface area contributed by atoms with E-state index in [2.05, 4.69) is 52.2 Å². The lowest BCUT2D eigenvalue weighted by Crippen LogP contribution is -2.47. The average molecular weight is 258 g/mol. The van der Waals surface area contributed by atoms with Crippen LogP contribution in [0.25, 0.3) is 11.0 Å². The highest BCUT2D eigenvalue weighted by molar-refractivity contribution is 5.75. The largest absolute Gasteiger partial charge is 0.345 e. The summed E-state index contributed by atoms with van der Waals surface area (Å²) in [5.41, 5.74) is 3.71. The van der Waals surface area contributed by atoms with E-state index in [0.717, 1.165) is 43.8 Å². The minimum atomic E-state index is 0.163. The number of H-pyrrole nitrogens is 1. The lowest BCUT2D eigenvalue weighted by atomic mass is 9.83. The molecule has 1 aliphatic heterocycles. The molecule has 102 valence electrons. The topological polar surface area (TPSA) is 44.0 Å². The summed E-state index contributed by atoms with van der Waals surface area (Å²) in [6, 6.07) is 6.57. The zero-order chi connectivity index (χ0) is 13.3. The molecule has 0 atom stereocenters. The van der Waals surface area contributed by atoms with Gasteiger partial charge in [0.25, 0.3) is 0 Å². The number of nitrogens with zero attached hydrogens (tertiary/aromatic N) is 2. The third kappa shape index (κ3) is 2.65. The van der Waals surface area contributed by atoms with Crippen LogP contribution in [0.15, 0.2) is 24.5 Å². The minimum absolute atomic E-state index is 0.163. The van der Waals surface area contributed by atoms with E-state index in [-0.39, 0.29) is 5.41 Å². The van der Waals surface area contributed by atoms with Gasteiger partial charge < -0.3 is 10.3 Å². The maximum absolute atomic E-state index is 4.28. The van der Waals surface area contributed by atoms with Crippen molar-refractivity contribution in [2.24, 2.45) is 0 Å². The number of fused-ring (bicyclic) bond motifs is 1. The molecule has 0 spiro atoms. The molecule has 1 aromatic carbocycles. The van der Waals surface area contributed by atoms with Gasteiger partial charge in [-0.3, -0.25) is 4.90 Å². The van der Waals surface area contributed by atoms with Crippen molar-refractivity contribution < 1.29 is 0 Å². The van der Waals surface area contributed by atoms with Crippen molar-refractivity contribution in [1.82, 2.24) is 20.2 Å². The first-order valence-corrected chi connectivity index (χ1v) is 7.02. The molecule has 0 amide bonds. The van der Waals surface area contributed by atoms with E-state index in [4.69, 9.17) is 0 Å². The summed E-state index contributed by atoms with van der Waals surface area (Å²) in [5, 5.41) is 3.41. The smallest absolute Gasteiger partial charge is 0.0931 e. The molecule has 1 aromatic heterocycles. The van der Waals surface area contributed by atoms with Crippen LogP contribution in [0.5, 0.6) is 0 Å². The van der Waals surface area contributed by atoms with Crippen LogP contribution in [0.2, 0.25) is 0 Å². The fourth-order valence-electron chi connectivity index (χ4n) is 2.88. The van der Waals surface area contributed by atoms with Crippen LogP contribution in [-0.2, 0) is 5.41 Å². The highest BCUT2D eigenvalue weighted by atomic mass is 15.2. The van der Waals surface area contributed by atoms with Crippen molar-refractivity contribution >= 4 is 11.0 Å². The molecule has 0 saturated carbocycles. The monoisotopic (exact) mass is 258 g/mol. The Labute approximate surface area is 114 Å². The molecule has 0 aliphatic carbocycles. The van der Waals surface area contributed by atoms with Crippen LogP contribution in [0.1, 0.15) is 19.4 Å². The lowest BCUT2D eigenvalue weighted by molar-refractivity contribution is 0.200. The van der Waals surface area contributed by atoms with Crippen molar-refractivity contribution in [2.75, 3.05) is 32.7 Å². The molecule has 2 aromatic rings. The number of benzene rings is 1. The molecule has 3 rings (SSSR count). The van der Waals surface area contributed by atoms with Gasteiger partial charge in [0.1, 0.15) is 0 Å². The van der Waals surface area contributed by atoms with Crippen LogP contribution in [0.3, 0.4) is 0 Å². The Bertz CT molecular complexity index is 552. The maximum atomic E-state index is 4.28. The zero-order valence-corrected chi connectivity index (χ0v) is 11.7. The third-order valence-electron chi connectivity index (χ3n) is 4.03. The number of rotatable bonds is 3. The first kappa shape index (κ1) is 12.6. The summed E-state index contributed by atoms with van der Waals surface area (Å²) in [4.78, 5) is 10.0. The van der Waals surface area contributed by atoms with Gasteiger partial charge in [-0.15, -0.1) is 0 Å². The van der Waals surface area contributed by atoms with E-state index in [1.165, 1.54) is 5.56 Å². The van der Waals surface area contributed by atoms with Crippen LogP contribution < -0.4 is 5.32 Å². The number of aromatic amines is 1. The summed E-state index contributed by atoms with van der Waals surface area (Å²) < 4.78 is 0. The second kappa shape index (κ2) is 4.94. The standard InChI is InChI=1S/C15H22N4/c1-15(2,10-19-7-5-16-6-8-19)12-3-4-13-14(9-12)18-11-17-13/h3-4,9,11,16H,5-8,10H2,1-2H3,(H,17,18). The highest BCUT2D eigenvalue weighted by Crippen LogP contribution is 2.26. The van der Waals surface area contributed by atoms with Crippen LogP contribution in [-0.4, -0.2) is 47.6 Å². The third-order valence-corrected chi connectivity index (χ3v) is 4.03. The van der Waals surface area contributed by atoms with Crippen LogP contribution >= 0.6 is 0 Å². The van der Waals surface area contributed by atoms with Gasteiger partial charge in [0.2, 0.25) is 0 Å². The molecule has 19 heavy (non-hydrogen) atoms. The molecule has 2 heterocycles. The molecule has 1 saturated heterocycles. The lowest BCUT2D eigenvalue weighted by Gasteiger charge is -2.35. The SMILES string of the molecule is CC(C)(CN1CCNCC1)c1ccc2nc[nH]c2c1. The molecule has 0 radical (unpaired) electrons. The minimum Gasteiger partial charge on any atom is -0.345 e. The second-order valence-electron chi connectivity index (χ2n) is 6.04. The van der Waals surface area contributed by atoms with Gasteiger partial charge in [-0.2, -0.15) is 0 Å². The number of piperazine rings is 1. The zero-order valence-electron chi connectivity index (χ0n) is 11.7. The summed E-state index contributed by atoms with van der Waals surface area (Å²) in [7, 11) is 0. The van der Waals surface area contributed by atoms with Gasteiger partial charge >= 0.3 is 0 Å². The van der Waals surface area contributed by atoms with Crippen molar-refractivity contribution in [3.8, 4) is 0 Å². The van der Waals surface area contributed by atoms with Gasteiger partial charge in [-0.05, 0) is 17.7 Å². The van der Waals surface area contributed by atoms with Gasteiger partial charge in [0, 0.05) is 38.1 Å². The summed E-state index contributed by atoms with van der Waals surface area (Å²) in [6.07, 6.45) is 1.76. The van der Waals surface area contributed by atoms with Crippen LogP contribution in [0.4, 0.5) is 0 Å². The van der Waals surface area contributed by atoms with Crippen molar-refractivity contribution in [1.29, 1.82) is 0 Å². The number of hydrogen-bond donors (Lipinski definition) is 2. The average Bonchev–Trinajstić information content (AvgIpc) is 2.86. The van der Waals surface area contributed by atoms with Gasteiger partial charge in [-0.25, -0.2) is 4.98 Å². The van der Waals surface area contributed by atoms with Gasteiger partial charge in [-0.1, -0.05) is 19.9 Å². The Morgan fingerprint density at radius 1 is 1.26 bits per heavy atom. The molecule has 0 bridgehead atoms. The Balaban J connectivity index is 1.81. The van der Waals surface area contributed by atoms with Gasteiger partial charge in [0.15, 0.2) is 0 Å². The molecule has 4 heteroatoms. The van der Waals surface area contributed by atoms with Crippen molar-refractivity contribution in [3.63, 3.8) is 0 Å². The van der Waals surface area contributed by atoms with E-state index in [1.54, 1.807) is 6.33 Å². The van der Waals surface area contributed by atoms with Gasteiger partial charge in [0.05, 0.1) is 17.4 Å². The van der Waals surface area contributed by atoms with E-state index in [9.17, 15) is 0 Å². The first-order valence-electron chi connectivity index (χ1n) is 7.02. The summed E-state index contributed by atoms with van der Waals surface area (Å²) in [6.45, 7) is 10.3. The Morgan fingerprint density at radius 3 is 2.84 bits per heavy atom. The Hall–Kier alpha value is -1.39. The van der Waals surface area contributed by atoms with E-state index in [0.29, 0.717) is 0 Å². The predicted molar refractivity (Wildman–Crippen MR) is 78.4 cm³/mol. The predicted octanol–water partition coefficient (Wildman–Crippen LogP) is 1.75. The van der Waals surface area contributed by atoms with E-state index < -0.39 is 0 Å². The normalized spacial score (nSPS) is 18.0. The van der Waals surface area contributed by atoms with Crippen molar-refractivity contribution in [3.05, 3.63) is 30.1 Å². The van der Waals surface area contributed by atoms with Crippen molar-refractivity contribution in [2.45, 2.75) is 19.3 Å². The molecule has 1 aliphatic rings. The number of aromatic nitrogens is 2. The molecular weight excluding hydrogens is 236 g/mol. The number of hydrogen-bond acceptors (Lipinski definition) is 3. The molecular formula is C15H22N4. The quantitative estimate of drug-likeness (QED) is 0.881. The fraction of sp³-hybridized carbons (Fsp3) is 0.533. The summed E-state index contributed by atoms with van der Waals surface area (Å²) in [5.74, 6) is 0.